The SMILES string of the molecule is O=C(c1cc(Br)ncc1F)c1nc(CN2CCOCC2)c2ccccn12. The van der Waals surface area contributed by atoms with Crippen LogP contribution in [-0.4, -0.2) is 51.4 Å². The van der Waals surface area contributed by atoms with E-state index in [1.54, 1.807) is 10.6 Å². The predicted molar refractivity (Wildman–Crippen MR) is 96.6 cm³/mol. The average molecular weight is 419 g/mol. The molecule has 1 fully saturated rings. The van der Waals surface area contributed by atoms with Crippen molar-refractivity contribution in [3.63, 3.8) is 0 Å². The molecule has 0 unspecified atom stereocenters. The molecule has 0 radical (unpaired) electrons. The Kier molecular flexibility index (Phi) is 4.80. The van der Waals surface area contributed by atoms with Crippen LogP contribution < -0.4 is 0 Å². The fourth-order valence-corrected chi connectivity index (χ4v) is 3.39. The molecule has 0 atom stereocenters. The van der Waals surface area contributed by atoms with Crippen molar-refractivity contribution >= 4 is 27.2 Å². The number of fused-ring (bicyclic) bond motifs is 1. The van der Waals surface area contributed by atoms with Crippen molar-refractivity contribution in [1.82, 2.24) is 19.3 Å². The first-order valence-electron chi connectivity index (χ1n) is 8.25. The quantitative estimate of drug-likeness (QED) is 0.481. The van der Waals surface area contributed by atoms with Gasteiger partial charge in [-0.15, -0.1) is 0 Å². The van der Waals surface area contributed by atoms with Gasteiger partial charge in [0, 0.05) is 25.8 Å². The third kappa shape index (κ3) is 3.27. The van der Waals surface area contributed by atoms with Gasteiger partial charge >= 0.3 is 0 Å². The number of imidazole rings is 1. The average Bonchev–Trinajstić information content (AvgIpc) is 3.03. The van der Waals surface area contributed by atoms with Gasteiger partial charge in [0.2, 0.25) is 5.78 Å². The molecule has 0 N–H and O–H groups in total. The molecule has 134 valence electrons. The topological polar surface area (TPSA) is 59.7 Å². The Bertz CT molecular complexity index is 969. The van der Waals surface area contributed by atoms with E-state index in [4.69, 9.17) is 4.74 Å². The van der Waals surface area contributed by atoms with Gasteiger partial charge in [0.1, 0.15) is 4.60 Å². The van der Waals surface area contributed by atoms with Crippen molar-refractivity contribution in [3.05, 3.63) is 64.2 Å². The molecular weight excluding hydrogens is 403 g/mol. The molecule has 1 aliphatic rings. The number of pyridine rings is 2. The molecule has 4 rings (SSSR count). The van der Waals surface area contributed by atoms with E-state index in [0.29, 0.717) is 24.4 Å². The highest BCUT2D eigenvalue weighted by atomic mass is 79.9. The second kappa shape index (κ2) is 7.22. The van der Waals surface area contributed by atoms with Crippen LogP contribution in [0.5, 0.6) is 0 Å². The lowest BCUT2D eigenvalue weighted by atomic mass is 10.1. The fourth-order valence-electron chi connectivity index (χ4n) is 3.06. The normalized spacial score (nSPS) is 15.5. The standard InChI is InChI=1S/C18H16BrFN4O2/c19-16-9-12(13(20)10-21-16)17(25)18-22-14(11-23-5-7-26-8-6-23)15-3-1-2-4-24(15)18/h1-4,9-10H,5-8,11H2. The van der Waals surface area contributed by atoms with Crippen LogP contribution in [0.2, 0.25) is 0 Å². The molecule has 0 aliphatic carbocycles. The zero-order valence-electron chi connectivity index (χ0n) is 13.9. The molecule has 6 nitrogen and oxygen atoms in total. The van der Waals surface area contributed by atoms with Crippen LogP contribution in [-0.2, 0) is 11.3 Å². The molecule has 0 bridgehead atoms. The number of rotatable bonds is 4. The summed E-state index contributed by atoms with van der Waals surface area (Å²) in [6, 6.07) is 7.02. The van der Waals surface area contributed by atoms with E-state index in [1.807, 2.05) is 18.2 Å². The summed E-state index contributed by atoms with van der Waals surface area (Å²) in [6.07, 6.45) is 2.80. The number of ketones is 1. The number of nitrogens with zero attached hydrogens (tertiary/aromatic N) is 4. The van der Waals surface area contributed by atoms with Gasteiger partial charge in [0.25, 0.3) is 0 Å². The number of ether oxygens (including phenoxy) is 1. The molecule has 0 amide bonds. The second-order valence-corrected chi connectivity index (χ2v) is 6.85. The zero-order chi connectivity index (χ0) is 18.1. The Morgan fingerprint density at radius 1 is 1.31 bits per heavy atom. The molecule has 8 heteroatoms. The molecule has 0 spiro atoms. The van der Waals surface area contributed by atoms with Crippen molar-refractivity contribution in [1.29, 1.82) is 0 Å². The molecule has 4 heterocycles. The van der Waals surface area contributed by atoms with Gasteiger partial charge in [0.05, 0.1) is 36.2 Å². The van der Waals surface area contributed by atoms with Gasteiger partial charge in [-0.05, 0) is 34.1 Å². The highest BCUT2D eigenvalue weighted by Gasteiger charge is 2.23. The molecule has 3 aromatic rings. The van der Waals surface area contributed by atoms with E-state index in [2.05, 4.69) is 30.8 Å². The summed E-state index contributed by atoms with van der Waals surface area (Å²) in [5, 5.41) is 0. The maximum Gasteiger partial charge on any atom is 0.231 e. The lowest BCUT2D eigenvalue weighted by Crippen LogP contribution is -2.35. The molecule has 0 aromatic carbocycles. The third-order valence-electron chi connectivity index (χ3n) is 4.37. The molecule has 0 saturated carbocycles. The number of hydrogen-bond acceptors (Lipinski definition) is 5. The zero-order valence-corrected chi connectivity index (χ0v) is 15.4. The van der Waals surface area contributed by atoms with Crippen LogP contribution in [0, 0.1) is 5.82 Å². The first-order chi connectivity index (χ1) is 12.6. The number of carbonyl (C=O) groups is 1. The third-order valence-corrected chi connectivity index (χ3v) is 4.81. The minimum atomic E-state index is -0.666. The predicted octanol–water partition coefficient (Wildman–Crippen LogP) is 2.69. The maximum absolute atomic E-state index is 14.1. The Balaban J connectivity index is 1.75. The monoisotopic (exact) mass is 418 g/mol. The summed E-state index contributed by atoms with van der Waals surface area (Å²) in [5.41, 5.74) is 1.58. The summed E-state index contributed by atoms with van der Waals surface area (Å²) >= 11 is 3.18. The Labute approximate surface area is 157 Å². The van der Waals surface area contributed by atoms with Crippen molar-refractivity contribution in [3.8, 4) is 0 Å². The van der Waals surface area contributed by atoms with Gasteiger partial charge < -0.3 is 4.74 Å². The summed E-state index contributed by atoms with van der Waals surface area (Å²) in [4.78, 5) is 23.5. The molecule has 1 saturated heterocycles. The number of aromatic nitrogens is 3. The van der Waals surface area contributed by atoms with Crippen molar-refractivity contribution < 1.29 is 13.9 Å². The lowest BCUT2D eigenvalue weighted by molar-refractivity contribution is 0.0338. The van der Waals surface area contributed by atoms with Crippen LogP contribution in [0.15, 0.2) is 41.3 Å². The van der Waals surface area contributed by atoms with Crippen LogP contribution in [0.3, 0.4) is 0 Å². The molecule has 3 aromatic heterocycles. The summed E-state index contributed by atoms with van der Waals surface area (Å²) in [6.45, 7) is 3.64. The highest BCUT2D eigenvalue weighted by Crippen LogP contribution is 2.21. The van der Waals surface area contributed by atoms with Crippen LogP contribution in [0.1, 0.15) is 21.9 Å². The summed E-state index contributed by atoms with van der Waals surface area (Å²) < 4.78 is 21.6. The number of hydrogen-bond donors (Lipinski definition) is 0. The minimum absolute atomic E-state index is 0.0550. The summed E-state index contributed by atoms with van der Waals surface area (Å²) in [5.74, 6) is -0.943. The highest BCUT2D eigenvalue weighted by molar-refractivity contribution is 9.10. The van der Waals surface area contributed by atoms with Gasteiger partial charge in [-0.3, -0.25) is 14.1 Å². The van der Waals surface area contributed by atoms with Gasteiger partial charge in [-0.25, -0.2) is 14.4 Å². The van der Waals surface area contributed by atoms with E-state index in [1.165, 1.54) is 6.07 Å². The maximum atomic E-state index is 14.1. The van der Waals surface area contributed by atoms with E-state index in [0.717, 1.165) is 30.5 Å². The minimum Gasteiger partial charge on any atom is -0.379 e. The van der Waals surface area contributed by atoms with Crippen molar-refractivity contribution in [2.45, 2.75) is 6.54 Å². The first-order valence-corrected chi connectivity index (χ1v) is 9.04. The first kappa shape index (κ1) is 17.3. The van der Waals surface area contributed by atoms with Crippen molar-refractivity contribution in [2.75, 3.05) is 26.3 Å². The van der Waals surface area contributed by atoms with Gasteiger partial charge in [-0.1, -0.05) is 6.07 Å². The summed E-state index contributed by atoms with van der Waals surface area (Å²) in [7, 11) is 0. The largest absolute Gasteiger partial charge is 0.379 e. The molecule has 1 aliphatic heterocycles. The second-order valence-electron chi connectivity index (χ2n) is 6.04. The number of halogens is 2. The molecular formula is C18H16BrFN4O2. The molecule has 26 heavy (non-hydrogen) atoms. The Hall–Kier alpha value is -2.16. The number of morpholine rings is 1. The lowest BCUT2D eigenvalue weighted by Gasteiger charge is -2.25. The van der Waals surface area contributed by atoms with Crippen molar-refractivity contribution in [2.24, 2.45) is 0 Å². The Morgan fingerprint density at radius 2 is 2.12 bits per heavy atom. The van der Waals surface area contributed by atoms with Crippen LogP contribution in [0.4, 0.5) is 4.39 Å². The Morgan fingerprint density at radius 3 is 2.92 bits per heavy atom. The van der Waals surface area contributed by atoms with Crippen LogP contribution in [0.25, 0.3) is 5.52 Å². The van der Waals surface area contributed by atoms with Gasteiger partial charge in [-0.2, -0.15) is 0 Å². The van der Waals surface area contributed by atoms with E-state index < -0.39 is 11.6 Å². The number of carbonyl (C=O) groups excluding carboxylic acids is 1. The van der Waals surface area contributed by atoms with E-state index in [9.17, 15) is 9.18 Å². The smallest absolute Gasteiger partial charge is 0.231 e. The fraction of sp³-hybridized carbons (Fsp3) is 0.278. The van der Waals surface area contributed by atoms with E-state index in [-0.39, 0.29) is 11.4 Å². The van der Waals surface area contributed by atoms with Gasteiger partial charge in [0.15, 0.2) is 11.6 Å². The van der Waals surface area contributed by atoms with E-state index >= 15 is 0 Å². The van der Waals surface area contributed by atoms with Crippen LogP contribution >= 0.6 is 15.9 Å².